The van der Waals surface area contributed by atoms with Gasteiger partial charge in [0.2, 0.25) is 0 Å². The summed E-state index contributed by atoms with van der Waals surface area (Å²) in [7, 11) is 1.87. The highest BCUT2D eigenvalue weighted by atomic mass is 32.1. The van der Waals surface area contributed by atoms with Crippen LogP contribution in [0.4, 0.5) is 0 Å². The molecule has 13 heavy (non-hydrogen) atoms. The van der Waals surface area contributed by atoms with Crippen molar-refractivity contribution < 1.29 is 0 Å². The second kappa shape index (κ2) is 5.43. The molecule has 2 atom stereocenters. The summed E-state index contributed by atoms with van der Waals surface area (Å²) >= 11 is 5.11. The van der Waals surface area contributed by atoms with Gasteiger partial charge in [0.15, 0.2) is 5.11 Å². The summed E-state index contributed by atoms with van der Waals surface area (Å²) in [6.45, 7) is 2.32. The number of hydrogen-bond donors (Lipinski definition) is 2. The van der Waals surface area contributed by atoms with Crippen LogP contribution in [0.5, 0.6) is 0 Å². The third-order valence-corrected chi connectivity index (χ3v) is 3.23. The van der Waals surface area contributed by atoms with Crippen molar-refractivity contribution in [1.82, 2.24) is 10.6 Å². The van der Waals surface area contributed by atoms with Crippen molar-refractivity contribution in [2.45, 2.75) is 45.1 Å². The summed E-state index contributed by atoms with van der Waals surface area (Å²) < 4.78 is 0. The molecule has 2 N–H and O–H groups in total. The zero-order chi connectivity index (χ0) is 9.68. The Morgan fingerprint density at radius 2 is 1.92 bits per heavy atom. The molecule has 0 spiro atoms. The fourth-order valence-corrected chi connectivity index (χ4v) is 2.10. The molecule has 1 fully saturated rings. The van der Waals surface area contributed by atoms with Gasteiger partial charge in [0, 0.05) is 13.1 Å². The van der Waals surface area contributed by atoms with Crippen LogP contribution in [-0.2, 0) is 0 Å². The van der Waals surface area contributed by atoms with Crippen LogP contribution in [0.25, 0.3) is 0 Å². The SMILES string of the molecule is CNC(=S)NC1CCCCCC1C. The molecule has 0 amide bonds. The van der Waals surface area contributed by atoms with E-state index in [2.05, 4.69) is 17.6 Å². The molecule has 1 saturated carbocycles. The first-order valence-electron chi connectivity index (χ1n) is 5.22. The molecule has 76 valence electrons. The Morgan fingerprint density at radius 3 is 2.62 bits per heavy atom. The summed E-state index contributed by atoms with van der Waals surface area (Å²) in [6.07, 6.45) is 6.71. The van der Waals surface area contributed by atoms with E-state index in [4.69, 9.17) is 12.2 Å². The van der Waals surface area contributed by atoms with Crippen molar-refractivity contribution in [2.24, 2.45) is 5.92 Å². The number of rotatable bonds is 1. The molecule has 0 bridgehead atoms. The lowest BCUT2D eigenvalue weighted by Gasteiger charge is -2.23. The Bertz CT molecular complexity index is 170. The predicted octanol–water partition coefficient (Wildman–Crippen LogP) is 2.05. The van der Waals surface area contributed by atoms with E-state index in [9.17, 15) is 0 Å². The molecule has 0 heterocycles. The first-order chi connectivity index (χ1) is 6.24. The highest BCUT2D eigenvalue weighted by Gasteiger charge is 2.19. The molecule has 2 nitrogen and oxygen atoms in total. The van der Waals surface area contributed by atoms with Crippen molar-refractivity contribution in [3.63, 3.8) is 0 Å². The zero-order valence-electron chi connectivity index (χ0n) is 8.60. The van der Waals surface area contributed by atoms with Gasteiger partial charge in [-0.2, -0.15) is 0 Å². The summed E-state index contributed by atoms with van der Waals surface area (Å²) in [5.41, 5.74) is 0. The minimum Gasteiger partial charge on any atom is -0.366 e. The topological polar surface area (TPSA) is 24.1 Å². The van der Waals surface area contributed by atoms with E-state index in [-0.39, 0.29) is 0 Å². The van der Waals surface area contributed by atoms with Crippen LogP contribution in [0.3, 0.4) is 0 Å². The first-order valence-corrected chi connectivity index (χ1v) is 5.63. The Morgan fingerprint density at radius 1 is 1.23 bits per heavy atom. The van der Waals surface area contributed by atoms with Gasteiger partial charge in [-0.1, -0.05) is 26.2 Å². The quantitative estimate of drug-likeness (QED) is 0.500. The number of nitrogens with one attached hydrogen (secondary N) is 2. The van der Waals surface area contributed by atoms with Gasteiger partial charge in [-0.3, -0.25) is 0 Å². The normalized spacial score (nSPS) is 29.1. The van der Waals surface area contributed by atoms with Crippen LogP contribution in [-0.4, -0.2) is 18.2 Å². The molecule has 0 radical (unpaired) electrons. The van der Waals surface area contributed by atoms with Crippen LogP contribution in [0.1, 0.15) is 39.0 Å². The van der Waals surface area contributed by atoms with E-state index in [1.807, 2.05) is 7.05 Å². The van der Waals surface area contributed by atoms with Crippen molar-refractivity contribution in [3.05, 3.63) is 0 Å². The van der Waals surface area contributed by atoms with E-state index < -0.39 is 0 Å². The van der Waals surface area contributed by atoms with Gasteiger partial charge in [0.25, 0.3) is 0 Å². The Hall–Kier alpha value is -0.310. The fraction of sp³-hybridized carbons (Fsp3) is 0.900. The van der Waals surface area contributed by atoms with Crippen molar-refractivity contribution in [1.29, 1.82) is 0 Å². The van der Waals surface area contributed by atoms with Gasteiger partial charge < -0.3 is 10.6 Å². The lowest BCUT2D eigenvalue weighted by atomic mass is 9.97. The van der Waals surface area contributed by atoms with Gasteiger partial charge >= 0.3 is 0 Å². The van der Waals surface area contributed by atoms with Crippen LogP contribution >= 0.6 is 12.2 Å². The molecule has 3 heteroatoms. The Labute approximate surface area is 86.5 Å². The fourth-order valence-electron chi connectivity index (χ4n) is 1.95. The minimum atomic E-state index is 0.586. The summed E-state index contributed by atoms with van der Waals surface area (Å²) in [6, 6.07) is 0.586. The Balaban J connectivity index is 2.40. The average molecular weight is 200 g/mol. The third kappa shape index (κ3) is 3.51. The highest BCUT2D eigenvalue weighted by Crippen LogP contribution is 2.22. The molecule has 0 aromatic heterocycles. The molecule has 1 rings (SSSR count). The molecule has 0 aliphatic heterocycles. The standard InChI is InChI=1S/C10H20N2S/c1-8-6-4-3-5-7-9(8)12-10(13)11-2/h8-9H,3-7H2,1-2H3,(H2,11,12,13). The lowest BCUT2D eigenvalue weighted by Crippen LogP contribution is -2.43. The van der Waals surface area contributed by atoms with E-state index in [0.29, 0.717) is 6.04 Å². The molecular formula is C10H20N2S. The van der Waals surface area contributed by atoms with E-state index in [1.54, 1.807) is 0 Å². The molecule has 0 aromatic carbocycles. The maximum Gasteiger partial charge on any atom is 0.166 e. The Kier molecular flexibility index (Phi) is 4.50. The molecular weight excluding hydrogens is 180 g/mol. The number of thiocarbonyl (C=S) groups is 1. The van der Waals surface area contributed by atoms with Gasteiger partial charge in [-0.05, 0) is 31.0 Å². The third-order valence-electron chi connectivity index (χ3n) is 2.91. The van der Waals surface area contributed by atoms with Gasteiger partial charge in [0.05, 0.1) is 0 Å². The van der Waals surface area contributed by atoms with E-state index in [1.165, 1.54) is 32.1 Å². The van der Waals surface area contributed by atoms with Crippen LogP contribution < -0.4 is 10.6 Å². The highest BCUT2D eigenvalue weighted by molar-refractivity contribution is 7.80. The van der Waals surface area contributed by atoms with E-state index in [0.717, 1.165) is 11.0 Å². The van der Waals surface area contributed by atoms with Crippen molar-refractivity contribution >= 4 is 17.3 Å². The summed E-state index contributed by atoms with van der Waals surface area (Å²) in [5, 5.41) is 7.14. The van der Waals surface area contributed by atoms with E-state index >= 15 is 0 Å². The smallest absolute Gasteiger partial charge is 0.166 e. The van der Waals surface area contributed by atoms with Crippen LogP contribution in [0.15, 0.2) is 0 Å². The summed E-state index contributed by atoms with van der Waals surface area (Å²) in [5.74, 6) is 0.758. The first kappa shape index (κ1) is 10.8. The van der Waals surface area contributed by atoms with Gasteiger partial charge in [-0.25, -0.2) is 0 Å². The maximum absolute atomic E-state index is 5.11. The minimum absolute atomic E-state index is 0.586. The van der Waals surface area contributed by atoms with Crippen molar-refractivity contribution in [2.75, 3.05) is 7.05 Å². The van der Waals surface area contributed by atoms with Gasteiger partial charge in [-0.15, -0.1) is 0 Å². The molecule has 2 unspecified atom stereocenters. The van der Waals surface area contributed by atoms with Crippen LogP contribution in [0.2, 0.25) is 0 Å². The predicted molar refractivity (Wildman–Crippen MR) is 60.8 cm³/mol. The largest absolute Gasteiger partial charge is 0.366 e. The van der Waals surface area contributed by atoms with Crippen molar-refractivity contribution in [3.8, 4) is 0 Å². The average Bonchev–Trinajstić information content (AvgIpc) is 2.32. The van der Waals surface area contributed by atoms with Crippen LogP contribution in [0, 0.1) is 5.92 Å². The number of hydrogen-bond acceptors (Lipinski definition) is 1. The molecule has 1 aliphatic rings. The maximum atomic E-state index is 5.11. The lowest BCUT2D eigenvalue weighted by molar-refractivity contribution is 0.399. The summed E-state index contributed by atoms with van der Waals surface area (Å²) in [4.78, 5) is 0. The monoisotopic (exact) mass is 200 g/mol. The van der Waals surface area contributed by atoms with Gasteiger partial charge in [0.1, 0.15) is 0 Å². The second-order valence-corrected chi connectivity index (χ2v) is 4.35. The molecule has 1 aliphatic carbocycles. The zero-order valence-corrected chi connectivity index (χ0v) is 9.41. The second-order valence-electron chi connectivity index (χ2n) is 3.95. The molecule has 0 saturated heterocycles. The molecule has 0 aromatic rings.